The summed E-state index contributed by atoms with van der Waals surface area (Å²) in [5.41, 5.74) is -3.59. The fourth-order valence-corrected chi connectivity index (χ4v) is 2.96. The predicted molar refractivity (Wildman–Crippen MR) is 83.9 cm³/mol. The highest BCUT2D eigenvalue weighted by atomic mass is 19.4. The number of halogens is 3. The number of hydrogen-bond donors (Lipinski definition) is 3. The van der Waals surface area contributed by atoms with Crippen molar-refractivity contribution in [3.8, 4) is 0 Å². The van der Waals surface area contributed by atoms with Crippen molar-refractivity contribution in [2.75, 3.05) is 0 Å². The monoisotopic (exact) mass is 365 g/mol. The molecule has 0 aliphatic carbocycles. The molecule has 6 nitrogen and oxygen atoms in total. The molecule has 1 aliphatic rings. The smallest absolute Gasteiger partial charge is 0.363 e. The molecule has 0 unspecified atom stereocenters. The molecule has 3 atom stereocenters. The van der Waals surface area contributed by atoms with E-state index in [-0.39, 0.29) is 11.1 Å². The highest BCUT2D eigenvalue weighted by molar-refractivity contribution is 6.00. The molecule has 1 fully saturated rings. The number of ketones is 1. The zero-order valence-electron chi connectivity index (χ0n) is 13.2. The van der Waals surface area contributed by atoms with Crippen LogP contribution in [0, 0.1) is 5.92 Å². The van der Waals surface area contributed by atoms with E-state index < -0.39 is 35.7 Å². The second-order valence-corrected chi connectivity index (χ2v) is 5.83. The van der Waals surface area contributed by atoms with E-state index in [1.807, 2.05) is 0 Å². The number of aliphatic hydroxyl groups is 1. The number of carbonyl (C=O) groups is 2. The molecule has 0 saturated carbocycles. The molecule has 2 amide bonds. The van der Waals surface area contributed by atoms with E-state index in [1.165, 1.54) is 54.1 Å². The molecule has 9 heteroatoms. The molecule has 26 heavy (non-hydrogen) atoms. The van der Waals surface area contributed by atoms with Gasteiger partial charge < -0.3 is 15.7 Å². The Bertz CT molecular complexity index is 814. The molecule has 0 radical (unpaired) electrons. The maximum absolute atomic E-state index is 13.7. The molecule has 2 heterocycles. The number of pyridine rings is 1. The molecular formula is C17H14F3N3O3. The van der Waals surface area contributed by atoms with Crippen molar-refractivity contribution in [1.82, 2.24) is 15.6 Å². The van der Waals surface area contributed by atoms with Gasteiger partial charge in [0.05, 0.1) is 6.04 Å². The van der Waals surface area contributed by atoms with Gasteiger partial charge in [-0.15, -0.1) is 0 Å². The Balaban J connectivity index is 2.15. The second-order valence-electron chi connectivity index (χ2n) is 5.83. The number of urea groups is 1. The number of carbonyl (C=O) groups excluding carboxylic acids is 2. The van der Waals surface area contributed by atoms with Crippen LogP contribution >= 0.6 is 0 Å². The van der Waals surface area contributed by atoms with E-state index in [9.17, 15) is 27.9 Å². The van der Waals surface area contributed by atoms with Gasteiger partial charge in [0.15, 0.2) is 5.78 Å². The summed E-state index contributed by atoms with van der Waals surface area (Å²) in [6.07, 6.45) is -2.64. The summed E-state index contributed by atoms with van der Waals surface area (Å²) < 4.78 is 41.0. The molecule has 1 saturated heterocycles. The maximum atomic E-state index is 13.7. The zero-order chi connectivity index (χ0) is 18.9. The highest BCUT2D eigenvalue weighted by Crippen LogP contribution is 2.43. The second kappa shape index (κ2) is 6.41. The Morgan fingerprint density at radius 3 is 2.42 bits per heavy atom. The Morgan fingerprint density at radius 1 is 1.15 bits per heavy atom. The predicted octanol–water partition coefficient (Wildman–Crippen LogP) is 2.19. The Morgan fingerprint density at radius 2 is 1.85 bits per heavy atom. The van der Waals surface area contributed by atoms with E-state index in [0.717, 1.165) is 0 Å². The minimum Gasteiger partial charge on any atom is -0.363 e. The summed E-state index contributed by atoms with van der Waals surface area (Å²) in [6.45, 7) is 0. The Kier molecular flexibility index (Phi) is 4.41. The fourth-order valence-electron chi connectivity index (χ4n) is 2.96. The third-order valence-corrected chi connectivity index (χ3v) is 4.19. The molecule has 1 aromatic heterocycles. The van der Waals surface area contributed by atoms with E-state index in [4.69, 9.17) is 0 Å². The van der Waals surface area contributed by atoms with Crippen LogP contribution in [-0.4, -0.2) is 33.8 Å². The van der Waals surface area contributed by atoms with Gasteiger partial charge >= 0.3 is 12.2 Å². The lowest BCUT2D eigenvalue weighted by molar-refractivity contribution is -0.287. The quantitative estimate of drug-likeness (QED) is 0.727. The number of nitrogens with one attached hydrogen (secondary N) is 2. The number of alkyl halides is 3. The fraction of sp³-hybridized carbons (Fsp3) is 0.235. The first-order chi connectivity index (χ1) is 12.2. The molecule has 2 aromatic rings. The van der Waals surface area contributed by atoms with Crippen LogP contribution < -0.4 is 10.6 Å². The SMILES string of the molecule is O=C1N[C@@H](c2cccnc2)[C@@H](C(=O)c2ccccc2)[C@@](O)(C(F)(F)F)N1. The van der Waals surface area contributed by atoms with Crippen molar-refractivity contribution >= 4 is 11.8 Å². The van der Waals surface area contributed by atoms with Gasteiger partial charge in [0.1, 0.15) is 5.92 Å². The standard InChI is InChI=1S/C17H14F3N3O3/c18-17(19,20)16(26)12(14(24)10-5-2-1-3-6-10)13(22-15(25)23-16)11-7-4-8-21-9-11/h1-9,12-13,26H,(H2,22,23,25)/t12-,13-,16+/m0/s1. The van der Waals surface area contributed by atoms with Gasteiger partial charge in [0.2, 0.25) is 5.72 Å². The number of amides is 2. The highest BCUT2D eigenvalue weighted by Gasteiger charge is 2.66. The third-order valence-electron chi connectivity index (χ3n) is 4.19. The lowest BCUT2D eigenvalue weighted by atomic mass is 9.77. The largest absolute Gasteiger partial charge is 0.437 e. The minimum absolute atomic E-state index is 0.0213. The number of benzene rings is 1. The molecule has 1 aliphatic heterocycles. The van der Waals surface area contributed by atoms with Crippen LogP contribution in [0.5, 0.6) is 0 Å². The van der Waals surface area contributed by atoms with Crippen molar-refractivity contribution in [1.29, 1.82) is 0 Å². The molecule has 3 rings (SSSR count). The average molecular weight is 365 g/mol. The van der Waals surface area contributed by atoms with Crippen LogP contribution in [0.25, 0.3) is 0 Å². The normalized spacial score (nSPS) is 25.9. The molecule has 1 aromatic carbocycles. The lowest BCUT2D eigenvalue weighted by Gasteiger charge is -2.44. The van der Waals surface area contributed by atoms with Crippen LogP contribution in [0.4, 0.5) is 18.0 Å². The molecule has 3 N–H and O–H groups in total. The topological polar surface area (TPSA) is 91.3 Å². The number of hydrogen-bond acceptors (Lipinski definition) is 4. The van der Waals surface area contributed by atoms with E-state index >= 15 is 0 Å². The van der Waals surface area contributed by atoms with E-state index in [1.54, 1.807) is 6.07 Å². The van der Waals surface area contributed by atoms with Crippen LogP contribution in [0.3, 0.4) is 0 Å². The first kappa shape index (κ1) is 17.9. The molecular weight excluding hydrogens is 351 g/mol. The van der Waals surface area contributed by atoms with Crippen LogP contribution in [0.1, 0.15) is 22.0 Å². The first-order valence-electron chi connectivity index (χ1n) is 7.61. The number of aromatic nitrogens is 1. The van der Waals surface area contributed by atoms with Crippen molar-refractivity contribution < 1.29 is 27.9 Å². The molecule has 0 bridgehead atoms. The van der Waals surface area contributed by atoms with Crippen LogP contribution in [-0.2, 0) is 0 Å². The summed E-state index contributed by atoms with van der Waals surface area (Å²) >= 11 is 0. The summed E-state index contributed by atoms with van der Waals surface area (Å²) in [4.78, 5) is 28.5. The van der Waals surface area contributed by atoms with Crippen molar-refractivity contribution in [3.63, 3.8) is 0 Å². The minimum atomic E-state index is -5.28. The van der Waals surface area contributed by atoms with Gasteiger partial charge in [0, 0.05) is 18.0 Å². The van der Waals surface area contributed by atoms with Crippen LogP contribution in [0.15, 0.2) is 54.9 Å². The lowest BCUT2D eigenvalue weighted by Crippen LogP contribution is -2.72. The first-order valence-corrected chi connectivity index (χ1v) is 7.61. The van der Waals surface area contributed by atoms with Crippen molar-refractivity contribution in [3.05, 3.63) is 66.0 Å². The van der Waals surface area contributed by atoms with Crippen LogP contribution in [0.2, 0.25) is 0 Å². The van der Waals surface area contributed by atoms with Gasteiger partial charge in [-0.3, -0.25) is 9.78 Å². The Hall–Kier alpha value is -2.94. The number of Topliss-reactive ketones (excluding diaryl/α,β-unsaturated/α-hetero) is 1. The number of nitrogens with zero attached hydrogens (tertiary/aromatic N) is 1. The van der Waals surface area contributed by atoms with Gasteiger partial charge in [-0.25, -0.2) is 4.79 Å². The third kappa shape index (κ3) is 3.01. The maximum Gasteiger partial charge on any atom is 0.437 e. The van der Waals surface area contributed by atoms with Crippen molar-refractivity contribution in [2.24, 2.45) is 5.92 Å². The molecule has 0 spiro atoms. The Labute approximate surface area is 146 Å². The van der Waals surface area contributed by atoms with Gasteiger partial charge in [-0.05, 0) is 11.6 Å². The van der Waals surface area contributed by atoms with Gasteiger partial charge in [-0.2, -0.15) is 13.2 Å². The number of rotatable bonds is 3. The average Bonchev–Trinajstić information content (AvgIpc) is 2.61. The van der Waals surface area contributed by atoms with Crippen molar-refractivity contribution in [2.45, 2.75) is 17.9 Å². The summed E-state index contributed by atoms with van der Waals surface area (Å²) in [6, 6.07) is 7.50. The van der Waals surface area contributed by atoms with E-state index in [0.29, 0.717) is 0 Å². The van der Waals surface area contributed by atoms with Gasteiger partial charge in [-0.1, -0.05) is 36.4 Å². The zero-order valence-corrected chi connectivity index (χ0v) is 13.2. The molecule has 136 valence electrons. The summed E-state index contributed by atoms with van der Waals surface area (Å²) in [7, 11) is 0. The van der Waals surface area contributed by atoms with E-state index in [2.05, 4.69) is 10.3 Å². The summed E-state index contributed by atoms with van der Waals surface area (Å²) in [5.74, 6) is -3.02. The van der Waals surface area contributed by atoms with Gasteiger partial charge in [0.25, 0.3) is 0 Å². The summed E-state index contributed by atoms with van der Waals surface area (Å²) in [5, 5.41) is 14.1.